The van der Waals surface area contributed by atoms with Gasteiger partial charge in [-0.1, -0.05) is 25.8 Å². The lowest BCUT2D eigenvalue weighted by Gasteiger charge is -2.25. The predicted octanol–water partition coefficient (Wildman–Crippen LogP) is 2.92. The Hall–Kier alpha value is -2.88. The number of nitrogens with one attached hydrogen (secondary N) is 2. The van der Waals surface area contributed by atoms with Gasteiger partial charge in [-0.3, -0.25) is 4.79 Å². The molecule has 0 heterocycles. The summed E-state index contributed by atoms with van der Waals surface area (Å²) in [6.07, 6.45) is 5.19. The monoisotopic (exact) mass is 404 g/mol. The maximum absolute atomic E-state index is 12.5. The van der Waals surface area contributed by atoms with Gasteiger partial charge in [0, 0.05) is 6.54 Å². The van der Waals surface area contributed by atoms with Gasteiger partial charge < -0.3 is 24.8 Å². The number of terminal acetylenes is 1. The number of hydrogen-bond donors (Lipinski definition) is 2. The van der Waals surface area contributed by atoms with Crippen LogP contribution in [0.2, 0.25) is 0 Å². The topological polar surface area (TPSA) is 85.9 Å². The highest BCUT2D eigenvalue weighted by atomic mass is 16.6. The average Bonchev–Trinajstić information content (AvgIpc) is 2.63. The van der Waals surface area contributed by atoms with E-state index in [-0.39, 0.29) is 18.4 Å². The second-order valence-electron chi connectivity index (χ2n) is 7.89. The van der Waals surface area contributed by atoms with Gasteiger partial charge in [0.1, 0.15) is 18.2 Å². The van der Waals surface area contributed by atoms with Crippen LogP contribution in [0.25, 0.3) is 0 Å². The third kappa shape index (κ3) is 8.77. The Morgan fingerprint density at radius 2 is 1.90 bits per heavy atom. The average molecular weight is 405 g/mol. The number of amides is 2. The molecule has 1 aromatic carbocycles. The molecule has 1 rings (SSSR count). The van der Waals surface area contributed by atoms with Crippen LogP contribution in [0.1, 0.15) is 40.2 Å². The third-order valence-corrected chi connectivity index (χ3v) is 3.87. The standard InChI is InChI=1S/C22H32N2O5/c1-8-13-28-17-10-9-16(14-18(17)27-7)11-12-23-20(25)19(15(2)3)24-21(26)29-22(4,5)6/h1,9-10,14-15,19H,11-13H2,2-7H3,(H,23,25)(H,24,26). The Morgan fingerprint density at radius 1 is 1.21 bits per heavy atom. The minimum atomic E-state index is -0.682. The third-order valence-electron chi connectivity index (χ3n) is 3.87. The predicted molar refractivity (Wildman–Crippen MR) is 112 cm³/mol. The number of benzene rings is 1. The molecular formula is C22H32N2O5. The van der Waals surface area contributed by atoms with Gasteiger partial charge in [-0.05, 0) is 50.8 Å². The first kappa shape index (κ1) is 24.2. The van der Waals surface area contributed by atoms with Crippen molar-refractivity contribution in [1.82, 2.24) is 10.6 Å². The first-order valence-corrected chi connectivity index (χ1v) is 9.57. The molecule has 1 atom stereocenters. The van der Waals surface area contributed by atoms with E-state index < -0.39 is 17.7 Å². The van der Waals surface area contributed by atoms with Crippen molar-refractivity contribution in [1.29, 1.82) is 0 Å². The van der Waals surface area contributed by atoms with Crippen LogP contribution in [0.4, 0.5) is 4.79 Å². The Morgan fingerprint density at radius 3 is 2.45 bits per heavy atom. The summed E-state index contributed by atoms with van der Waals surface area (Å²) in [5, 5.41) is 5.50. The number of carbonyl (C=O) groups is 2. The van der Waals surface area contributed by atoms with Crippen LogP contribution in [0.3, 0.4) is 0 Å². The van der Waals surface area contributed by atoms with Crippen molar-refractivity contribution >= 4 is 12.0 Å². The first-order chi connectivity index (χ1) is 13.6. The van der Waals surface area contributed by atoms with Crippen molar-refractivity contribution < 1.29 is 23.8 Å². The van der Waals surface area contributed by atoms with E-state index in [2.05, 4.69) is 16.6 Å². The molecule has 0 saturated carbocycles. The molecule has 2 N–H and O–H groups in total. The van der Waals surface area contributed by atoms with Gasteiger partial charge >= 0.3 is 6.09 Å². The molecule has 2 amide bonds. The zero-order valence-electron chi connectivity index (χ0n) is 18.1. The van der Waals surface area contributed by atoms with E-state index in [1.165, 1.54) is 0 Å². The SMILES string of the molecule is C#CCOc1ccc(CCNC(=O)C(NC(=O)OC(C)(C)C)C(C)C)cc1OC. The van der Waals surface area contributed by atoms with Gasteiger partial charge in [-0.15, -0.1) is 6.42 Å². The fourth-order valence-electron chi connectivity index (χ4n) is 2.52. The quantitative estimate of drug-likeness (QED) is 0.618. The second-order valence-corrected chi connectivity index (χ2v) is 7.89. The van der Waals surface area contributed by atoms with E-state index in [0.29, 0.717) is 24.5 Å². The van der Waals surface area contributed by atoms with E-state index in [1.54, 1.807) is 33.9 Å². The lowest BCUT2D eigenvalue weighted by molar-refractivity contribution is -0.124. The van der Waals surface area contributed by atoms with Crippen LogP contribution in [-0.2, 0) is 16.0 Å². The molecule has 0 aliphatic carbocycles. The van der Waals surface area contributed by atoms with E-state index >= 15 is 0 Å². The van der Waals surface area contributed by atoms with Crippen LogP contribution in [0, 0.1) is 18.3 Å². The fourth-order valence-corrected chi connectivity index (χ4v) is 2.52. The molecule has 0 fully saturated rings. The van der Waals surface area contributed by atoms with Crippen LogP contribution >= 0.6 is 0 Å². The van der Waals surface area contributed by atoms with Crippen molar-refractivity contribution in [3.05, 3.63) is 23.8 Å². The summed E-state index contributed by atoms with van der Waals surface area (Å²) in [5.74, 6) is 3.21. The van der Waals surface area contributed by atoms with Gasteiger partial charge in [0.05, 0.1) is 7.11 Å². The van der Waals surface area contributed by atoms with E-state index in [4.69, 9.17) is 20.6 Å². The molecule has 0 radical (unpaired) electrons. The largest absolute Gasteiger partial charge is 0.493 e. The summed E-state index contributed by atoms with van der Waals surface area (Å²) in [6, 6.07) is 4.84. The molecule has 0 spiro atoms. The van der Waals surface area contributed by atoms with Crippen molar-refractivity contribution in [3.8, 4) is 23.8 Å². The van der Waals surface area contributed by atoms with Gasteiger partial charge in [0.25, 0.3) is 0 Å². The molecule has 0 bridgehead atoms. The van der Waals surface area contributed by atoms with Crippen LogP contribution < -0.4 is 20.1 Å². The normalized spacial score (nSPS) is 11.9. The van der Waals surface area contributed by atoms with Crippen LogP contribution in [0.5, 0.6) is 11.5 Å². The Bertz CT molecular complexity index is 732. The van der Waals surface area contributed by atoms with Crippen LogP contribution in [0.15, 0.2) is 18.2 Å². The molecule has 0 aromatic heterocycles. The molecule has 1 aromatic rings. The van der Waals surface area contributed by atoms with E-state index in [1.807, 2.05) is 26.0 Å². The second kappa shape index (κ2) is 11.2. The number of rotatable bonds is 9. The highest BCUT2D eigenvalue weighted by Gasteiger charge is 2.26. The van der Waals surface area contributed by atoms with Gasteiger partial charge in [0.2, 0.25) is 5.91 Å². The molecule has 29 heavy (non-hydrogen) atoms. The summed E-state index contributed by atoms with van der Waals surface area (Å²) in [6.45, 7) is 9.61. The summed E-state index contributed by atoms with van der Waals surface area (Å²) in [4.78, 5) is 24.5. The molecule has 1 unspecified atom stereocenters. The molecule has 160 valence electrons. The van der Waals surface area contributed by atoms with Crippen molar-refractivity contribution in [3.63, 3.8) is 0 Å². The first-order valence-electron chi connectivity index (χ1n) is 9.57. The highest BCUT2D eigenvalue weighted by Crippen LogP contribution is 2.28. The molecule has 0 aliphatic rings. The maximum atomic E-state index is 12.5. The Labute approximate surface area is 173 Å². The van der Waals surface area contributed by atoms with E-state index in [0.717, 1.165) is 5.56 Å². The zero-order valence-corrected chi connectivity index (χ0v) is 18.1. The number of methoxy groups -OCH3 is 1. The molecular weight excluding hydrogens is 372 g/mol. The highest BCUT2D eigenvalue weighted by molar-refractivity contribution is 5.85. The maximum Gasteiger partial charge on any atom is 0.408 e. The van der Waals surface area contributed by atoms with Gasteiger partial charge in [-0.25, -0.2) is 4.79 Å². The van der Waals surface area contributed by atoms with Gasteiger partial charge in [0.15, 0.2) is 11.5 Å². The number of hydrogen-bond acceptors (Lipinski definition) is 5. The number of alkyl carbamates (subject to hydrolysis) is 1. The molecule has 7 heteroatoms. The van der Waals surface area contributed by atoms with Crippen LogP contribution in [-0.4, -0.2) is 43.9 Å². The van der Waals surface area contributed by atoms with Crippen molar-refractivity contribution in [2.24, 2.45) is 5.92 Å². The zero-order chi connectivity index (χ0) is 22.0. The van der Waals surface area contributed by atoms with Crippen molar-refractivity contribution in [2.45, 2.75) is 52.7 Å². The molecule has 0 saturated heterocycles. The fraction of sp³-hybridized carbons (Fsp3) is 0.545. The van der Waals surface area contributed by atoms with Crippen molar-refractivity contribution in [2.75, 3.05) is 20.3 Å². The summed E-state index contributed by atoms with van der Waals surface area (Å²) >= 11 is 0. The number of ether oxygens (including phenoxy) is 3. The Balaban J connectivity index is 2.63. The van der Waals surface area contributed by atoms with Gasteiger partial charge in [-0.2, -0.15) is 0 Å². The van der Waals surface area contributed by atoms with E-state index in [9.17, 15) is 9.59 Å². The number of carbonyl (C=O) groups excluding carboxylic acids is 2. The lowest BCUT2D eigenvalue weighted by Crippen LogP contribution is -2.51. The molecule has 0 aliphatic heterocycles. The lowest BCUT2D eigenvalue weighted by atomic mass is 10.0. The summed E-state index contributed by atoms with van der Waals surface area (Å²) < 4.78 is 16.0. The smallest absolute Gasteiger partial charge is 0.408 e. The minimum absolute atomic E-state index is 0.0878. The molecule has 7 nitrogen and oxygen atoms in total. The minimum Gasteiger partial charge on any atom is -0.493 e. The summed E-state index contributed by atoms with van der Waals surface area (Å²) in [7, 11) is 1.55. The Kier molecular flexibility index (Phi) is 9.33. The summed E-state index contributed by atoms with van der Waals surface area (Å²) in [5.41, 5.74) is 0.341.